The zero-order valence-corrected chi connectivity index (χ0v) is 11.7. The number of hydrogen-bond donors (Lipinski definition) is 1. The molecule has 1 aromatic carbocycles. The van der Waals surface area contributed by atoms with Gasteiger partial charge in [-0.05, 0) is 17.7 Å². The molecular weight excluding hydrogens is 274 g/mol. The molecular formula is C12H16ClNO5. The highest BCUT2D eigenvalue weighted by atomic mass is 35.5. The van der Waals surface area contributed by atoms with Crippen LogP contribution in [0.15, 0.2) is 18.2 Å². The summed E-state index contributed by atoms with van der Waals surface area (Å²) in [6, 6.07) is 3.70. The Morgan fingerprint density at radius 2 is 1.84 bits per heavy atom. The lowest BCUT2D eigenvalue weighted by molar-refractivity contribution is -0.142. The molecule has 0 bridgehead atoms. The molecule has 19 heavy (non-hydrogen) atoms. The molecule has 0 radical (unpaired) electrons. The van der Waals surface area contributed by atoms with Crippen LogP contribution in [0.2, 0.25) is 0 Å². The highest BCUT2D eigenvalue weighted by Crippen LogP contribution is 2.30. The van der Waals surface area contributed by atoms with Gasteiger partial charge in [0.2, 0.25) is 0 Å². The van der Waals surface area contributed by atoms with Crippen molar-refractivity contribution in [1.82, 2.24) is 0 Å². The van der Waals surface area contributed by atoms with E-state index in [4.69, 9.17) is 15.2 Å². The second-order valence-electron chi connectivity index (χ2n) is 3.50. The average molecular weight is 290 g/mol. The van der Waals surface area contributed by atoms with Crippen LogP contribution in [0.1, 0.15) is 18.5 Å². The number of carbonyl (C=O) groups is 2. The lowest BCUT2D eigenvalue weighted by atomic mass is 10.1. The fraction of sp³-hybridized carbons (Fsp3) is 0.333. The van der Waals surface area contributed by atoms with Crippen molar-refractivity contribution in [3.8, 4) is 11.5 Å². The van der Waals surface area contributed by atoms with E-state index in [2.05, 4.69) is 4.74 Å². The number of esters is 2. The topological polar surface area (TPSA) is 87.9 Å². The van der Waals surface area contributed by atoms with Crippen LogP contribution in [0.3, 0.4) is 0 Å². The number of nitrogens with two attached hydrogens (primary N) is 1. The van der Waals surface area contributed by atoms with Crippen molar-refractivity contribution in [1.29, 1.82) is 0 Å². The van der Waals surface area contributed by atoms with E-state index in [1.54, 1.807) is 6.07 Å². The Morgan fingerprint density at radius 1 is 1.21 bits per heavy atom. The molecule has 0 unspecified atom stereocenters. The zero-order chi connectivity index (χ0) is 13.7. The lowest BCUT2D eigenvalue weighted by Crippen LogP contribution is -2.22. The summed E-state index contributed by atoms with van der Waals surface area (Å²) in [5.41, 5.74) is 6.19. The van der Waals surface area contributed by atoms with E-state index in [9.17, 15) is 9.59 Å². The van der Waals surface area contributed by atoms with Gasteiger partial charge in [0.1, 0.15) is 6.04 Å². The normalized spacial score (nSPS) is 10.9. The van der Waals surface area contributed by atoms with Gasteiger partial charge in [0.05, 0.1) is 14.2 Å². The van der Waals surface area contributed by atoms with Gasteiger partial charge < -0.3 is 19.9 Å². The predicted octanol–water partition coefficient (Wildman–Crippen LogP) is 1.22. The maximum Gasteiger partial charge on any atom is 0.327 e. The Labute approximate surface area is 117 Å². The SMILES string of the molecule is COC(=O)[C@H](N)c1ccc(OC(C)=O)c(OC)c1.Cl. The number of halogens is 1. The van der Waals surface area contributed by atoms with Crippen LogP contribution in [0.25, 0.3) is 0 Å². The number of benzene rings is 1. The van der Waals surface area contributed by atoms with Crippen molar-refractivity contribution in [2.24, 2.45) is 5.73 Å². The molecule has 106 valence electrons. The fourth-order valence-electron chi connectivity index (χ4n) is 1.38. The lowest BCUT2D eigenvalue weighted by Gasteiger charge is -2.13. The first kappa shape index (κ1) is 17.2. The summed E-state index contributed by atoms with van der Waals surface area (Å²) in [5.74, 6) is -0.427. The van der Waals surface area contributed by atoms with Crippen LogP contribution in [0.4, 0.5) is 0 Å². The summed E-state index contributed by atoms with van der Waals surface area (Å²) < 4.78 is 14.5. The Morgan fingerprint density at radius 3 is 2.32 bits per heavy atom. The summed E-state index contributed by atoms with van der Waals surface area (Å²) in [4.78, 5) is 22.2. The second kappa shape index (κ2) is 7.60. The van der Waals surface area contributed by atoms with Crippen LogP contribution < -0.4 is 15.2 Å². The Bertz CT molecular complexity index is 463. The van der Waals surface area contributed by atoms with Gasteiger partial charge in [-0.3, -0.25) is 9.59 Å². The molecule has 0 amide bonds. The van der Waals surface area contributed by atoms with Gasteiger partial charge in [0, 0.05) is 6.92 Å². The molecule has 0 heterocycles. The fourth-order valence-corrected chi connectivity index (χ4v) is 1.38. The smallest absolute Gasteiger partial charge is 0.327 e. The molecule has 0 aliphatic heterocycles. The maximum atomic E-state index is 11.3. The summed E-state index contributed by atoms with van der Waals surface area (Å²) in [6.07, 6.45) is 0. The van der Waals surface area contributed by atoms with Gasteiger partial charge in [-0.1, -0.05) is 6.07 Å². The third kappa shape index (κ3) is 4.42. The van der Waals surface area contributed by atoms with Crippen LogP contribution in [-0.2, 0) is 14.3 Å². The molecule has 1 atom stereocenters. The van der Waals surface area contributed by atoms with Gasteiger partial charge in [-0.25, -0.2) is 0 Å². The minimum Gasteiger partial charge on any atom is -0.493 e. The molecule has 1 rings (SSSR count). The van der Waals surface area contributed by atoms with Crippen LogP contribution in [0, 0.1) is 0 Å². The summed E-state index contributed by atoms with van der Waals surface area (Å²) in [6.45, 7) is 1.29. The number of ether oxygens (including phenoxy) is 3. The van der Waals surface area contributed by atoms with Crippen molar-refractivity contribution < 1.29 is 23.8 Å². The molecule has 0 spiro atoms. The van der Waals surface area contributed by atoms with Crippen molar-refractivity contribution in [3.63, 3.8) is 0 Å². The summed E-state index contributed by atoms with van der Waals surface area (Å²) in [5, 5.41) is 0. The molecule has 0 fully saturated rings. The Hall–Kier alpha value is -1.79. The van der Waals surface area contributed by atoms with Gasteiger partial charge in [-0.15, -0.1) is 12.4 Å². The van der Waals surface area contributed by atoms with Gasteiger partial charge in [0.15, 0.2) is 11.5 Å². The van der Waals surface area contributed by atoms with Crippen LogP contribution in [0.5, 0.6) is 11.5 Å². The Kier molecular flexibility index (Phi) is 6.89. The highest BCUT2D eigenvalue weighted by molar-refractivity contribution is 5.85. The van der Waals surface area contributed by atoms with Crippen molar-refractivity contribution in [2.45, 2.75) is 13.0 Å². The number of hydrogen-bond acceptors (Lipinski definition) is 6. The molecule has 0 aliphatic carbocycles. The molecule has 0 saturated heterocycles. The first-order valence-electron chi connectivity index (χ1n) is 5.19. The quantitative estimate of drug-likeness (QED) is 0.662. The summed E-state index contributed by atoms with van der Waals surface area (Å²) in [7, 11) is 2.68. The Balaban J connectivity index is 0.00000324. The predicted molar refractivity (Wildman–Crippen MR) is 70.5 cm³/mol. The number of rotatable bonds is 4. The molecule has 0 aliphatic rings. The van der Waals surface area contributed by atoms with E-state index in [0.29, 0.717) is 11.3 Å². The summed E-state index contributed by atoms with van der Waals surface area (Å²) >= 11 is 0. The number of methoxy groups -OCH3 is 2. The minimum absolute atomic E-state index is 0. The first-order valence-corrected chi connectivity index (χ1v) is 5.19. The van der Waals surface area contributed by atoms with E-state index in [-0.39, 0.29) is 18.2 Å². The maximum absolute atomic E-state index is 11.3. The zero-order valence-electron chi connectivity index (χ0n) is 10.8. The number of carbonyl (C=O) groups excluding carboxylic acids is 2. The van der Waals surface area contributed by atoms with Crippen molar-refractivity contribution in [3.05, 3.63) is 23.8 Å². The van der Waals surface area contributed by atoms with E-state index in [0.717, 1.165) is 0 Å². The molecule has 7 heteroatoms. The van der Waals surface area contributed by atoms with E-state index in [1.165, 1.54) is 33.3 Å². The van der Waals surface area contributed by atoms with Crippen molar-refractivity contribution >= 4 is 24.3 Å². The first-order chi connectivity index (χ1) is 8.49. The largest absolute Gasteiger partial charge is 0.493 e. The van der Waals surface area contributed by atoms with Crippen LogP contribution in [-0.4, -0.2) is 26.2 Å². The standard InChI is InChI=1S/C12H15NO5.ClH/c1-7(14)18-9-5-4-8(6-10(9)16-2)11(13)12(15)17-3;/h4-6,11H,13H2,1-3H3;1H/t11-;/m1./s1. The van der Waals surface area contributed by atoms with Gasteiger partial charge >= 0.3 is 11.9 Å². The van der Waals surface area contributed by atoms with Crippen molar-refractivity contribution in [2.75, 3.05) is 14.2 Å². The average Bonchev–Trinajstić information content (AvgIpc) is 2.36. The van der Waals surface area contributed by atoms with Crippen LogP contribution >= 0.6 is 12.4 Å². The molecule has 6 nitrogen and oxygen atoms in total. The molecule has 0 saturated carbocycles. The second-order valence-corrected chi connectivity index (χ2v) is 3.50. The van der Waals surface area contributed by atoms with E-state index in [1.807, 2.05) is 0 Å². The van der Waals surface area contributed by atoms with E-state index >= 15 is 0 Å². The van der Waals surface area contributed by atoms with E-state index < -0.39 is 18.0 Å². The van der Waals surface area contributed by atoms with Gasteiger partial charge in [-0.2, -0.15) is 0 Å². The molecule has 0 aromatic heterocycles. The van der Waals surface area contributed by atoms with Gasteiger partial charge in [0.25, 0.3) is 0 Å². The molecule has 2 N–H and O–H groups in total. The minimum atomic E-state index is -0.907. The molecule has 1 aromatic rings. The highest BCUT2D eigenvalue weighted by Gasteiger charge is 2.18. The third-order valence-electron chi connectivity index (χ3n) is 2.26. The monoisotopic (exact) mass is 289 g/mol. The third-order valence-corrected chi connectivity index (χ3v) is 2.26.